The van der Waals surface area contributed by atoms with Crippen molar-refractivity contribution in [2.24, 2.45) is 0 Å². The number of nitrogens with zero attached hydrogens (tertiary/aromatic N) is 3. The molecular weight excluding hydrogens is 360 g/mol. The fourth-order valence-electron chi connectivity index (χ4n) is 4.54. The highest BCUT2D eigenvalue weighted by Crippen LogP contribution is 2.33. The average Bonchev–Trinajstić information content (AvgIpc) is 3.10. The zero-order valence-electron chi connectivity index (χ0n) is 15.6. The number of hydrogen-bond acceptors (Lipinski definition) is 6. The van der Waals surface area contributed by atoms with E-state index in [1.807, 2.05) is 11.3 Å². The Morgan fingerprint density at radius 3 is 2.81 bits per heavy atom. The lowest BCUT2D eigenvalue weighted by molar-refractivity contribution is 0.107. The maximum absolute atomic E-state index is 12.5. The van der Waals surface area contributed by atoms with E-state index < -0.39 is 0 Å². The van der Waals surface area contributed by atoms with Gasteiger partial charge in [-0.05, 0) is 51.4 Å². The van der Waals surface area contributed by atoms with E-state index in [4.69, 9.17) is 9.72 Å². The molecular formula is C20H26N4O2S. The van der Waals surface area contributed by atoms with Crippen molar-refractivity contribution in [1.29, 1.82) is 0 Å². The summed E-state index contributed by atoms with van der Waals surface area (Å²) in [5, 5.41) is 9.43. The molecule has 1 aliphatic heterocycles. The zero-order valence-corrected chi connectivity index (χ0v) is 16.4. The molecule has 1 fully saturated rings. The number of nitrogens with one attached hydrogen (secondary N) is 1. The molecule has 0 saturated heterocycles. The number of aromatic nitrogens is 3. The van der Waals surface area contributed by atoms with Crippen molar-refractivity contribution in [2.75, 3.05) is 11.9 Å². The molecule has 144 valence electrons. The Bertz CT molecular complexity index is 859. The van der Waals surface area contributed by atoms with E-state index in [-0.39, 0.29) is 11.6 Å². The lowest BCUT2D eigenvalue weighted by Gasteiger charge is -2.30. The van der Waals surface area contributed by atoms with E-state index in [2.05, 4.69) is 10.4 Å². The number of ether oxygens (including phenoxy) is 1. The Balaban J connectivity index is 1.24. The first kappa shape index (κ1) is 17.4. The lowest BCUT2D eigenvalue weighted by Crippen LogP contribution is -2.35. The molecule has 2 aromatic heterocycles. The van der Waals surface area contributed by atoms with E-state index >= 15 is 0 Å². The number of anilines is 1. The van der Waals surface area contributed by atoms with Crippen LogP contribution in [0.1, 0.15) is 66.4 Å². The fourth-order valence-corrected chi connectivity index (χ4v) is 5.67. The van der Waals surface area contributed by atoms with Crippen molar-refractivity contribution in [1.82, 2.24) is 14.8 Å². The van der Waals surface area contributed by atoms with Gasteiger partial charge in [0.15, 0.2) is 5.13 Å². The summed E-state index contributed by atoms with van der Waals surface area (Å²) in [6.45, 7) is 1.22. The Kier molecular flexibility index (Phi) is 4.73. The van der Waals surface area contributed by atoms with Crippen molar-refractivity contribution in [3.63, 3.8) is 0 Å². The van der Waals surface area contributed by atoms with Gasteiger partial charge in [0.05, 0.1) is 30.6 Å². The van der Waals surface area contributed by atoms with E-state index in [9.17, 15) is 4.79 Å². The van der Waals surface area contributed by atoms with Gasteiger partial charge < -0.3 is 10.1 Å². The fraction of sp³-hybridized carbons (Fsp3) is 0.650. The summed E-state index contributed by atoms with van der Waals surface area (Å²) in [5.41, 5.74) is 3.33. The van der Waals surface area contributed by atoms with Crippen molar-refractivity contribution < 1.29 is 4.74 Å². The van der Waals surface area contributed by atoms with Gasteiger partial charge in [-0.25, -0.2) is 9.67 Å². The van der Waals surface area contributed by atoms with Gasteiger partial charge in [0.2, 0.25) is 0 Å². The molecule has 0 aromatic carbocycles. The van der Waals surface area contributed by atoms with E-state index in [0.717, 1.165) is 54.9 Å². The lowest BCUT2D eigenvalue weighted by atomic mass is 9.91. The highest BCUT2D eigenvalue weighted by molar-refractivity contribution is 7.15. The van der Waals surface area contributed by atoms with Crippen LogP contribution in [0.2, 0.25) is 0 Å². The summed E-state index contributed by atoms with van der Waals surface area (Å²) in [7, 11) is 0. The Hall–Kier alpha value is -1.73. The molecule has 0 unspecified atom stereocenters. The van der Waals surface area contributed by atoms with Crippen LogP contribution in [0.4, 0.5) is 5.13 Å². The second-order valence-electron chi connectivity index (χ2n) is 7.95. The summed E-state index contributed by atoms with van der Waals surface area (Å²) in [6, 6.07) is 2.40. The van der Waals surface area contributed by atoms with Gasteiger partial charge >= 0.3 is 0 Å². The molecule has 2 aliphatic carbocycles. The quantitative estimate of drug-likeness (QED) is 0.877. The van der Waals surface area contributed by atoms with E-state index in [0.29, 0.717) is 19.3 Å². The van der Waals surface area contributed by atoms with Crippen molar-refractivity contribution in [3.8, 4) is 0 Å². The highest BCUT2D eigenvalue weighted by Gasteiger charge is 2.26. The van der Waals surface area contributed by atoms with Gasteiger partial charge in [0.1, 0.15) is 0 Å². The van der Waals surface area contributed by atoms with Crippen LogP contribution in [-0.4, -0.2) is 27.4 Å². The normalized spacial score (nSPS) is 24.9. The number of aryl methyl sites for hydroxylation is 2. The smallest absolute Gasteiger partial charge is 0.267 e. The van der Waals surface area contributed by atoms with Gasteiger partial charge in [0.25, 0.3) is 5.56 Å². The zero-order chi connectivity index (χ0) is 18.2. The second kappa shape index (κ2) is 7.36. The van der Waals surface area contributed by atoms with Crippen LogP contribution in [0.3, 0.4) is 0 Å². The first-order chi connectivity index (χ1) is 13.3. The Labute approximate surface area is 163 Å². The largest absolute Gasteiger partial charge is 0.376 e. The van der Waals surface area contributed by atoms with Crippen LogP contribution in [0, 0.1) is 0 Å². The monoisotopic (exact) mass is 386 g/mol. The highest BCUT2D eigenvalue weighted by atomic mass is 32.1. The SMILES string of the molecule is O=c1cc2c(nn1C1CCC(Nc3nc4c(s3)CCCC4)CC1)CCOC2. The van der Waals surface area contributed by atoms with Gasteiger partial charge in [-0.15, -0.1) is 11.3 Å². The summed E-state index contributed by atoms with van der Waals surface area (Å²) in [5.74, 6) is 0. The summed E-state index contributed by atoms with van der Waals surface area (Å²) < 4.78 is 7.17. The van der Waals surface area contributed by atoms with Crippen LogP contribution < -0.4 is 10.9 Å². The third-order valence-electron chi connectivity index (χ3n) is 6.08. The minimum Gasteiger partial charge on any atom is -0.376 e. The summed E-state index contributed by atoms with van der Waals surface area (Å²) in [4.78, 5) is 18.8. The Morgan fingerprint density at radius 1 is 1.11 bits per heavy atom. The predicted octanol–water partition coefficient (Wildman–Crippen LogP) is 3.25. The van der Waals surface area contributed by atoms with Crippen molar-refractivity contribution in [3.05, 3.63) is 38.2 Å². The van der Waals surface area contributed by atoms with Gasteiger partial charge in [0, 0.05) is 29.0 Å². The average molecular weight is 387 g/mol. The molecule has 7 heteroatoms. The van der Waals surface area contributed by atoms with Crippen LogP contribution in [-0.2, 0) is 30.6 Å². The predicted molar refractivity (Wildman–Crippen MR) is 106 cm³/mol. The van der Waals surface area contributed by atoms with Crippen molar-refractivity contribution >= 4 is 16.5 Å². The minimum absolute atomic E-state index is 0.0169. The first-order valence-electron chi connectivity index (χ1n) is 10.2. The molecule has 0 amide bonds. The maximum Gasteiger partial charge on any atom is 0.267 e. The molecule has 1 N–H and O–H groups in total. The molecule has 3 aliphatic rings. The van der Waals surface area contributed by atoms with Crippen LogP contribution in [0.25, 0.3) is 0 Å². The molecule has 6 nitrogen and oxygen atoms in total. The third-order valence-corrected chi connectivity index (χ3v) is 7.17. The summed E-state index contributed by atoms with van der Waals surface area (Å²) in [6.07, 6.45) is 9.81. The maximum atomic E-state index is 12.5. The molecule has 5 rings (SSSR count). The molecule has 0 atom stereocenters. The Morgan fingerprint density at radius 2 is 1.96 bits per heavy atom. The first-order valence-corrected chi connectivity index (χ1v) is 11.0. The van der Waals surface area contributed by atoms with Crippen LogP contribution in [0.15, 0.2) is 10.9 Å². The topological polar surface area (TPSA) is 69.0 Å². The number of fused-ring (bicyclic) bond motifs is 2. The summed E-state index contributed by atoms with van der Waals surface area (Å²) >= 11 is 1.84. The molecule has 0 spiro atoms. The second-order valence-corrected chi connectivity index (χ2v) is 9.03. The number of hydrogen-bond donors (Lipinski definition) is 1. The van der Waals surface area contributed by atoms with Gasteiger partial charge in [-0.3, -0.25) is 4.79 Å². The van der Waals surface area contributed by atoms with Crippen molar-refractivity contribution in [2.45, 2.75) is 76.5 Å². The standard InChI is InChI=1S/C20H26N4O2S/c25-19-11-13-12-26-10-9-16(13)23-24(19)15-7-5-14(6-8-15)21-20-22-17-3-1-2-4-18(17)27-20/h11,14-15H,1-10,12H2,(H,21,22). The molecule has 0 radical (unpaired) electrons. The number of rotatable bonds is 3. The molecule has 0 bridgehead atoms. The van der Waals surface area contributed by atoms with Gasteiger partial charge in [-0.1, -0.05) is 0 Å². The molecule has 3 heterocycles. The van der Waals surface area contributed by atoms with Gasteiger partial charge in [-0.2, -0.15) is 5.10 Å². The van der Waals surface area contributed by atoms with Crippen LogP contribution in [0.5, 0.6) is 0 Å². The molecule has 27 heavy (non-hydrogen) atoms. The third kappa shape index (κ3) is 3.55. The molecule has 2 aromatic rings. The number of thiazole rings is 1. The van der Waals surface area contributed by atoms with E-state index in [1.54, 1.807) is 10.7 Å². The minimum atomic E-state index is 0.0169. The molecule has 1 saturated carbocycles. The van der Waals surface area contributed by atoms with E-state index in [1.165, 1.54) is 29.8 Å². The van der Waals surface area contributed by atoms with Crippen LogP contribution >= 0.6 is 11.3 Å².